The van der Waals surface area contributed by atoms with E-state index in [-0.39, 0.29) is 24.1 Å². The predicted molar refractivity (Wildman–Crippen MR) is 110 cm³/mol. The van der Waals surface area contributed by atoms with E-state index < -0.39 is 5.25 Å². The van der Waals surface area contributed by atoms with Crippen LogP contribution < -0.4 is 10.2 Å². The van der Waals surface area contributed by atoms with Crippen molar-refractivity contribution in [3.63, 3.8) is 0 Å². The molecular formula is C21H20N4O3S. The lowest BCUT2D eigenvalue weighted by atomic mass is 10.2. The van der Waals surface area contributed by atoms with Gasteiger partial charge in [-0.25, -0.2) is 9.88 Å². The zero-order valence-corrected chi connectivity index (χ0v) is 17.0. The summed E-state index contributed by atoms with van der Waals surface area (Å²) < 4.78 is 0. The van der Waals surface area contributed by atoms with Gasteiger partial charge in [0.2, 0.25) is 17.7 Å². The molecular weight excluding hydrogens is 388 g/mol. The zero-order valence-electron chi connectivity index (χ0n) is 16.1. The van der Waals surface area contributed by atoms with Gasteiger partial charge in [0.05, 0.1) is 16.5 Å². The summed E-state index contributed by atoms with van der Waals surface area (Å²) in [6.45, 7) is 3.45. The van der Waals surface area contributed by atoms with Gasteiger partial charge in [-0.15, -0.1) is 0 Å². The molecule has 1 aromatic carbocycles. The summed E-state index contributed by atoms with van der Waals surface area (Å²) in [5, 5.41) is 11.8. The second kappa shape index (κ2) is 8.88. The topological polar surface area (TPSA) is 103 Å². The minimum absolute atomic E-state index is 0.0432. The van der Waals surface area contributed by atoms with Crippen LogP contribution in [0.25, 0.3) is 0 Å². The Labute approximate surface area is 173 Å². The number of imide groups is 1. The standard InChI is InChI=1S/C21H20N4O3S/c1-3-4-15-6-5-14(12-22)20(24-15)29-18-11-19(27)25(21(18)28)17-9-7-16(8-10-17)23-13(2)26/h5-10,18H,3-4,11H2,1-2H3,(H,23,26). The summed E-state index contributed by atoms with van der Waals surface area (Å²) in [6.07, 6.45) is 1.75. The maximum absolute atomic E-state index is 12.9. The van der Waals surface area contributed by atoms with Gasteiger partial charge in [0.25, 0.3) is 0 Å². The smallest absolute Gasteiger partial charge is 0.247 e. The molecule has 29 heavy (non-hydrogen) atoms. The van der Waals surface area contributed by atoms with E-state index in [1.807, 2.05) is 13.0 Å². The number of hydrogen-bond donors (Lipinski definition) is 1. The molecule has 1 unspecified atom stereocenters. The van der Waals surface area contributed by atoms with Gasteiger partial charge in [0, 0.05) is 24.7 Å². The van der Waals surface area contributed by atoms with Crippen molar-refractivity contribution in [2.45, 2.75) is 43.4 Å². The zero-order chi connectivity index (χ0) is 21.0. The second-order valence-corrected chi connectivity index (χ2v) is 7.81. The van der Waals surface area contributed by atoms with Crippen LogP contribution in [0.4, 0.5) is 11.4 Å². The first-order valence-corrected chi connectivity index (χ1v) is 10.1. The highest BCUT2D eigenvalue weighted by atomic mass is 32.2. The van der Waals surface area contributed by atoms with Crippen LogP contribution in [0.3, 0.4) is 0 Å². The van der Waals surface area contributed by atoms with Crippen LogP contribution in [0.15, 0.2) is 41.4 Å². The Morgan fingerprint density at radius 3 is 2.62 bits per heavy atom. The molecule has 1 atom stereocenters. The number of nitrogens with one attached hydrogen (secondary N) is 1. The van der Waals surface area contributed by atoms with Crippen LogP contribution in [0.5, 0.6) is 0 Å². The molecule has 1 aromatic heterocycles. The average Bonchev–Trinajstić information content (AvgIpc) is 2.96. The lowest BCUT2D eigenvalue weighted by Crippen LogP contribution is -2.31. The fourth-order valence-corrected chi connectivity index (χ4v) is 4.16. The molecule has 3 amide bonds. The van der Waals surface area contributed by atoms with Crippen molar-refractivity contribution in [3.05, 3.63) is 47.7 Å². The molecule has 1 N–H and O–H groups in total. The molecule has 0 spiro atoms. The van der Waals surface area contributed by atoms with E-state index in [0.29, 0.717) is 22.0 Å². The van der Waals surface area contributed by atoms with E-state index in [9.17, 15) is 19.6 Å². The lowest BCUT2D eigenvalue weighted by molar-refractivity contribution is -0.121. The summed E-state index contributed by atoms with van der Waals surface area (Å²) >= 11 is 1.16. The Hall–Kier alpha value is -3.18. The molecule has 7 nitrogen and oxygen atoms in total. The van der Waals surface area contributed by atoms with E-state index in [0.717, 1.165) is 35.2 Å². The van der Waals surface area contributed by atoms with Crippen molar-refractivity contribution in [3.8, 4) is 6.07 Å². The van der Waals surface area contributed by atoms with Gasteiger partial charge in [0.15, 0.2) is 0 Å². The Balaban J connectivity index is 1.80. The fraction of sp³-hybridized carbons (Fsp3) is 0.286. The molecule has 148 valence electrons. The average molecular weight is 408 g/mol. The minimum Gasteiger partial charge on any atom is -0.326 e. The summed E-state index contributed by atoms with van der Waals surface area (Å²) in [5.41, 5.74) is 2.29. The molecule has 0 bridgehead atoms. The predicted octanol–water partition coefficient (Wildman–Crippen LogP) is 3.29. The number of aryl methyl sites for hydroxylation is 1. The number of pyridine rings is 1. The number of amides is 3. The monoisotopic (exact) mass is 408 g/mol. The Morgan fingerprint density at radius 1 is 1.28 bits per heavy atom. The van der Waals surface area contributed by atoms with E-state index in [2.05, 4.69) is 16.4 Å². The number of aromatic nitrogens is 1. The third kappa shape index (κ3) is 4.63. The van der Waals surface area contributed by atoms with Crippen LogP contribution in [0.2, 0.25) is 0 Å². The number of carbonyl (C=O) groups is 3. The van der Waals surface area contributed by atoms with Crippen molar-refractivity contribution >= 4 is 40.9 Å². The van der Waals surface area contributed by atoms with Crippen molar-refractivity contribution in [1.29, 1.82) is 5.26 Å². The number of thioether (sulfide) groups is 1. The van der Waals surface area contributed by atoms with Crippen molar-refractivity contribution in [2.75, 3.05) is 10.2 Å². The van der Waals surface area contributed by atoms with E-state index in [4.69, 9.17) is 0 Å². The highest BCUT2D eigenvalue weighted by Gasteiger charge is 2.40. The summed E-state index contributed by atoms with van der Waals surface area (Å²) in [7, 11) is 0. The van der Waals surface area contributed by atoms with Crippen LogP contribution in [0.1, 0.15) is 37.9 Å². The van der Waals surface area contributed by atoms with E-state index in [1.54, 1.807) is 30.3 Å². The van der Waals surface area contributed by atoms with Gasteiger partial charge in [0.1, 0.15) is 11.1 Å². The van der Waals surface area contributed by atoms with Gasteiger partial charge in [-0.1, -0.05) is 25.1 Å². The third-order valence-corrected chi connectivity index (χ3v) is 5.54. The molecule has 1 saturated heterocycles. The SMILES string of the molecule is CCCc1ccc(C#N)c(SC2CC(=O)N(c3ccc(NC(C)=O)cc3)C2=O)n1. The van der Waals surface area contributed by atoms with E-state index >= 15 is 0 Å². The van der Waals surface area contributed by atoms with Crippen LogP contribution in [-0.2, 0) is 20.8 Å². The first kappa shape index (κ1) is 20.6. The minimum atomic E-state index is -0.631. The summed E-state index contributed by atoms with van der Waals surface area (Å²) in [4.78, 5) is 42.2. The highest BCUT2D eigenvalue weighted by molar-refractivity contribution is 8.00. The lowest BCUT2D eigenvalue weighted by Gasteiger charge is -2.15. The van der Waals surface area contributed by atoms with E-state index in [1.165, 1.54) is 6.92 Å². The molecule has 1 fully saturated rings. The maximum atomic E-state index is 12.9. The second-order valence-electron chi connectivity index (χ2n) is 6.62. The van der Waals surface area contributed by atoms with Crippen LogP contribution >= 0.6 is 11.8 Å². The number of anilines is 2. The molecule has 2 aromatic rings. The first-order valence-electron chi connectivity index (χ1n) is 9.24. The van der Waals surface area contributed by atoms with Crippen molar-refractivity contribution < 1.29 is 14.4 Å². The summed E-state index contributed by atoms with van der Waals surface area (Å²) in [6, 6.07) is 12.1. The first-order chi connectivity index (χ1) is 13.9. The molecule has 3 rings (SSSR count). The van der Waals surface area contributed by atoms with Gasteiger partial charge in [-0.2, -0.15) is 5.26 Å². The number of carbonyl (C=O) groups excluding carboxylic acids is 3. The van der Waals surface area contributed by atoms with Crippen LogP contribution in [-0.4, -0.2) is 28.0 Å². The number of hydrogen-bond acceptors (Lipinski definition) is 6. The highest BCUT2D eigenvalue weighted by Crippen LogP contribution is 2.35. The van der Waals surface area contributed by atoms with Gasteiger partial charge >= 0.3 is 0 Å². The molecule has 1 aliphatic heterocycles. The molecule has 1 aliphatic rings. The molecule has 2 heterocycles. The molecule has 0 radical (unpaired) electrons. The summed E-state index contributed by atoms with van der Waals surface area (Å²) in [5.74, 6) is -0.838. The Morgan fingerprint density at radius 2 is 2.00 bits per heavy atom. The number of nitriles is 1. The number of benzene rings is 1. The third-order valence-electron chi connectivity index (χ3n) is 4.35. The molecule has 0 saturated carbocycles. The maximum Gasteiger partial charge on any atom is 0.247 e. The van der Waals surface area contributed by atoms with Gasteiger partial charge in [-0.05, 0) is 42.8 Å². The normalized spacial score (nSPS) is 16.0. The van der Waals surface area contributed by atoms with Crippen LogP contribution in [0, 0.1) is 11.3 Å². The van der Waals surface area contributed by atoms with Crippen molar-refractivity contribution in [2.24, 2.45) is 0 Å². The largest absolute Gasteiger partial charge is 0.326 e. The van der Waals surface area contributed by atoms with Gasteiger partial charge < -0.3 is 5.32 Å². The van der Waals surface area contributed by atoms with Gasteiger partial charge in [-0.3, -0.25) is 14.4 Å². The quantitative estimate of drug-likeness (QED) is 0.736. The Kier molecular flexibility index (Phi) is 6.29. The fourth-order valence-electron chi connectivity index (χ4n) is 3.05. The molecule has 0 aliphatic carbocycles. The van der Waals surface area contributed by atoms with Crippen molar-refractivity contribution in [1.82, 2.24) is 4.98 Å². The number of nitrogens with zero attached hydrogens (tertiary/aromatic N) is 3. The molecule has 8 heteroatoms. The number of rotatable bonds is 6. The Bertz CT molecular complexity index is 998.